The van der Waals surface area contributed by atoms with Gasteiger partial charge in [0.25, 0.3) is 5.91 Å². The van der Waals surface area contributed by atoms with Gasteiger partial charge in [-0.1, -0.05) is 25.1 Å². The number of benzene rings is 2. The van der Waals surface area contributed by atoms with Gasteiger partial charge in [-0.05, 0) is 73.1 Å². The number of hydrogen-bond acceptors (Lipinski definition) is 3. The average molecular weight is 367 g/mol. The second-order valence-electron chi connectivity index (χ2n) is 7.19. The lowest BCUT2D eigenvalue weighted by Gasteiger charge is -2.25. The number of carbonyl (C=O) groups is 1. The molecule has 2 aromatic rings. The van der Waals surface area contributed by atoms with E-state index in [-0.39, 0.29) is 5.91 Å². The SMILES string of the molecule is CCC(Oc1ccc2c(c1)CCCC2)C(=O)N(C)Cc1ccc(OC)cc1. The largest absolute Gasteiger partial charge is 0.497 e. The molecule has 4 nitrogen and oxygen atoms in total. The number of carbonyl (C=O) groups excluding carboxylic acids is 1. The number of hydrogen-bond donors (Lipinski definition) is 0. The van der Waals surface area contributed by atoms with Gasteiger partial charge in [0, 0.05) is 13.6 Å². The van der Waals surface area contributed by atoms with E-state index >= 15 is 0 Å². The van der Waals surface area contributed by atoms with Gasteiger partial charge in [-0.15, -0.1) is 0 Å². The van der Waals surface area contributed by atoms with E-state index in [1.54, 1.807) is 12.0 Å². The maximum atomic E-state index is 12.9. The summed E-state index contributed by atoms with van der Waals surface area (Å²) in [6.07, 6.45) is 4.93. The van der Waals surface area contributed by atoms with Crippen molar-refractivity contribution in [2.24, 2.45) is 0 Å². The number of amides is 1. The van der Waals surface area contributed by atoms with Crippen LogP contribution in [0.5, 0.6) is 11.5 Å². The van der Waals surface area contributed by atoms with Crippen LogP contribution in [0.15, 0.2) is 42.5 Å². The van der Waals surface area contributed by atoms with Crippen molar-refractivity contribution < 1.29 is 14.3 Å². The molecule has 144 valence electrons. The number of fused-ring (bicyclic) bond motifs is 1. The fourth-order valence-corrected chi connectivity index (χ4v) is 3.58. The first-order chi connectivity index (χ1) is 13.1. The van der Waals surface area contributed by atoms with Crippen LogP contribution in [-0.2, 0) is 24.2 Å². The van der Waals surface area contributed by atoms with Crippen molar-refractivity contribution in [1.29, 1.82) is 0 Å². The summed E-state index contributed by atoms with van der Waals surface area (Å²) >= 11 is 0. The highest BCUT2D eigenvalue weighted by atomic mass is 16.5. The van der Waals surface area contributed by atoms with Crippen molar-refractivity contribution in [3.63, 3.8) is 0 Å². The molecule has 0 radical (unpaired) electrons. The van der Waals surface area contributed by atoms with Gasteiger partial charge in [0.2, 0.25) is 0 Å². The molecule has 0 spiro atoms. The van der Waals surface area contributed by atoms with E-state index < -0.39 is 6.10 Å². The first-order valence-corrected chi connectivity index (χ1v) is 9.77. The molecule has 1 unspecified atom stereocenters. The van der Waals surface area contributed by atoms with E-state index in [0.717, 1.165) is 29.9 Å². The van der Waals surface area contributed by atoms with Crippen LogP contribution in [0.2, 0.25) is 0 Å². The fraction of sp³-hybridized carbons (Fsp3) is 0.435. The summed E-state index contributed by atoms with van der Waals surface area (Å²) in [7, 11) is 3.47. The Morgan fingerprint density at radius 3 is 2.37 bits per heavy atom. The highest BCUT2D eigenvalue weighted by Gasteiger charge is 2.23. The number of ether oxygens (including phenoxy) is 2. The predicted octanol–water partition coefficient (Wildman–Crippen LogP) is 4.39. The van der Waals surface area contributed by atoms with E-state index in [2.05, 4.69) is 12.1 Å². The quantitative estimate of drug-likeness (QED) is 0.728. The van der Waals surface area contributed by atoms with E-state index in [1.807, 2.05) is 44.3 Å². The van der Waals surface area contributed by atoms with Crippen molar-refractivity contribution in [1.82, 2.24) is 4.90 Å². The van der Waals surface area contributed by atoms with Crippen LogP contribution in [0.25, 0.3) is 0 Å². The van der Waals surface area contributed by atoms with Crippen molar-refractivity contribution in [3.05, 3.63) is 59.2 Å². The van der Waals surface area contributed by atoms with Gasteiger partial charge < -0.3 is 14.4 Å². The van der Waals surface area contributed by atoms with E-state index in [9.17, 15) is 4.79 Å². The molecule has 3 rings (SSSR count). The molecule has 0 saturated heterocycles. The van der Waals surface area contributed by atoms with Crippen LogP contribution in [0.3, 0.4) is 0 Å². The Morgan fingerprint density at radius 2 is 1.70 bits per heavy atom. The minimum atomic E-state index is -0.463. The molecule has 4 heteroatoms. The molecule has 0 N–H and O–H groups in total. The topological polar surface area (TPSA) is 38.8 Å². The molecule has 0 bridgehead atoms. The first-order valence-electron chi connectivity index (χ1n) is 9.77. The zero-order valence-electron chi connectivity index (χ0n) is 16.5. The standard InChI is InChI=1S/C23H29NO3/c1-4-22(27-21-14-11-18-7-5-6-8-19(18)15-21)23(25)24(2)16-17-9-12-20(26-3)13-10-17/h9-15,22H,4-8,16H2,1-3H3. The monoisotopic (exact) mass is 367 g/mol. The van der Waals surface area contributed by atoms with Gasteiger partial charge in [-0.2, -0.15) is 0 Å². The highest BCUT2D eigenvalue weighted by molar-refractivity contribution is 5.81. The summed E-state index contributed by atoms with van der Waals surface area (Å²) in [5.74, 6) is 1.62. The van der Waals surface area contributed by atoms with Crippen LogP contribution in [0.1, 0.15) is 42.9 Å². The Balaban J connectivity index is 1.64. The van der Waals surface area contributed by atoms with Crippen molar-refractivity contribution in [3.8, 4) is 11.5 Å². The summed E-state index contributed by atoms with van der Waals surface area (Å²) in [6.45, 7) is 2.54. The zero-order valence-corrected chi connectivity index (χ0v) is 16.5. The smallest absolute Gasteiger partial charge is 0.263 e. The third kappa shape index (κ3) is 4.82. The van der Waals surface area contributed by atoms with Gasteiger partial charge in [-0.3, -0.25) is 4.79 Å². The van der Waals surface area contributed by atoms with Crippen molar-refractivity contribution in [2.75, 3.05) is 14.2 Å². The number of nitrogens with zero attached hydrogens (tertiary/aromatic N) is 1. The number of methoxy groups -OCH3 is 1. The molecule has 0 heterocycles. The third-order valence-corrected chi connectivity index (χ3v) is 5.20. The van der Waals surface area contributed by atoms with Crippen LogP contribution in [0.4, 0.5) is 0 Å². The summed E-state index contributed by atoms with van der Waals surface area (Å²) in [5.41, 5.74) is 3.85. The molecule has 1 amide bonds. The average Bonchev–Trinajstić information content (AvgIpc) is 2.72. The molecule has 1 aliphatic carbocycles. The Morgan fingerprint density at radius 1 is 1.04 bits per heavy atom. The molecular formula is C23H29NO3. The van der Waals surface area contributed by atoms with Gasteiger partial charge >= 0.3 is 0 Å². The van der Waals surface area contributed by atoms with Gasteiger partial charge in [0.1, 0.15) is 11.5 Å². The minimum Gasteiger partial charge on any atom is -0.497 e. The molecule has 2 aromatic carbocycles. The lowest BCUT2D eigenvalue weighted by atomic mass is 9.92. The third-order valence-electron chi connectivity index (χ3n) is 5.20. The van der Waals surface area contributed by atoms with E-state index in [1.165, 1.54) is 24.0 Å². The maximum Gasteiger partial charge on any atom is 0.263 e. The first kappa shape index (κ1) is 19.3. The highest BCUT2D eigenvalue weighted by Crippen LogP contribution is 2.26. The normalized spacial score (nSPS) is 14.2. The summed E-state index contributed by atoms with van der Waals surface area (Å²) < 4.78 is 11.3. The molecule has 0 aromatic heterocycles. The molecule has 0 aliphatic heterocycles. The molecule has 0 fully saturated rings. The Kier molecular flexibility index (Phi) is 6.38. The Hall–Kier alpha value is -2.49. The van der Waals surface area contributed by atoms with Crippen LogP contribution < -0.4 is 9.47 Å². The van der Waals surface area contributed by atoms with E-state index in [4.69, 9.17) is 9.47 Å². The Labute approximate surface area is 162 Å². The van der Waals surface area contributed by atoms with Crippen molar-refractivity contribution >= 4 is 5.91 Å². The molecular weight excluding hydrogens is 338 g/mol. The summed E-state index contributed by atoms with van der Waals surface area (Å²) in [6, 6.07) is 14.1. The van der Waals surface area contributed by atoms with Crippen LogP contribution in [0, 0.1) is 0 Å². The molecule has 27 heavy (non-hydrogen) atoms. The Bertz CT molecular complexity index is 770. The zero-order chi connectivity index (χ0) is 19.2. The summed E-state index contributed by atoms with van der Waals surface area (Å²) in [4.78, 5) is 14.6. The van der Waals surface area contributed by atoms with E-state index in [0.29, 0.717) is 13.0 Å². The molecule has 0 saturated carbocycles. The maximum absolute atomic E-state index is 12.9. The van der Waals surface area contributed by atoms with Crippen LogP contribution >= 0.6 is 0 Å². The minimum absolute atomic E-state index is 0.00559. The second kappa shape index (κ2) is 8.94. The second-order valence-corrected chi connectivity index (χ2v) is 7.19. The van der Waals surface area contributed by atoms with Crippen LogP contribution in [-0.4, -0.2) is 31.1 Å². The fourth-order valence-electron chi connectivity index (χ4n) is 3.58. The summed E-state index contributed by atoms with van der Waals surface area (Å²) in [5, 5.41) is 0. The predicted molar refractivity (Wildman–Crippen MR) is 107 cm³/mol. The number of aryl methyl sites for hydroxylation is 2. The molecule has 1 aliphatic rings. The lowest BCUT2D eigenvalue weighted by Crippen LogP contribution is -2.39. The van der Waals surface area contributed by atoms with Gasteiger partial charge in [0.05, 0.1) is 7.11 Å². The molecule has 1 atom stereocenters. The number of likely N-dealkylation sites (N-methyl/N-ethyl adjacent to an activating group) is 1. The lowest BCUT2D eigenvalue weighted by molar-refractivity contribution is -0.138. The van der Waals surface area contributed by atoms with Crippen molar-refractivity contribution in [2.45, 2.75) is 51.7 Å². The van der Waals surface area contributed by atoms with Gasteiger partial charge in [0.15, 0.2) is 6.10 Å². The number of rotatable bonds is 7. The van der Waals surface area contributed by atoms with Gasteiger partial charge in [-0.25, -0.2) is 0 Å².